The number of hydrogen-bond donors (Lipinski definition) is 1. The van der Waals surface area contributed by atoms with Crippen molar-refractivity contribution in [2.75, 3.05) is 7.05 Å². The minimum absolute atomic E-state index is 0.0627. The molecule has 3 rings (SSSR count). The molecule has 5 nitrogen and oxygen atoms in total. The van der Waals surface area contributed by atoms with Crippen LogP contribution in [0.3, 0.4) is 0 Å². The maximum Gasteiger partial charge on any atom is 0.274 e. The lowest BCUT2D eigenvalue weighted by Crippen LogP contribution is -2.29. The summed E-state index contributed by atoms with van der Waals surface area (Å²) in [6, 6.07) is 11.3. The summed E-state index contributed by atoms with van der Waals surface area (Å²) >= 11 is 3.19. The summed E-state index contributed by atoms with van der Waals surface area (Å²) in [5.41, 5.74) is 0.0664. The average Bonchev–Trinajstić information content (AvgIpc) is 2.59. The summed E-state index contributed by atoms with van der Waals surface area (Å²) in [6.07, 6.45) is 0. The standard InChI is InChI=1S/C17H13BrFN3O2/c1-20-16(23)15-12-4-2-3-5-13(12)17(24)22(21-15)9-10-6-7-11(18)8-14(10)19/h2-8H,9H2,1H3,(H,20,23). The molecule has 0 fully saturated rings. The van der Waals surface area contributed by atoms with Crippen molar-refractivity contribution in [2.45, 2.75) is 6.54 Å². The van der Waals surface area contributed by atoms with E-state index >= 15 is 0 Å². The molecule has 0 aliphatic heterocycles. The number of rotatable bonds is 3. The molecular weight excluding hydrogens is 377 g/mol. The molecule has 0 radical (unpaired) electrons. The monoisotopic (exact) mass is 389 g/mol. The first kappa shape index (κ1) is 16.3. The number of amides is 1. The maximum atomic E-state index is 14.1. The van der Waals surface area contributed by atoms with E-state index in [-0.39, 0.29) is 17.8 Å². The van der Waals surface area contributed by atoms with Gasteiger partial charge >= 0.3 is 0 Å². The number of nitrogens with one attached hydrogen (secondary N) is 1. The smallest absolute Gasteiger partial charge is 0.274 e. The summed E-state index contributed by atoms with van der Waals surface area (Å²) in [5.74, 6) is -0.857. The molecule has 0 bridgehead atoms. The molecule has 1 N–H and O–H groups in total. The molecule has 24 heavy (non-hydrogen) atoms. The molecule has 0 aliphatic carbocycles. The number of carbonyl (C=O) groups is 1. The first-order chi connectivity index (χ1) is 11.5. The summed E-state index contributed by atoms with van der Waals surface area (Å²) in [5, 5.41) is 7.48. The van der Waals surface area contributed by atoms with Gasteiger partial charge in [0.05, 0.1) is 11.9 Å². The third-order valence-electron chi connectivity index (χ3n) is 3.65. The van der Waals surface area contributed by atoms with Gasteiger partial charge in [-0.1, -0.05) is 40.2 Å². The average molecular weight is 390 g/mol. The van der Waals surface area contributed by atoms with Crippen molar-refractivity contribution in [1.29, 1.82) is 0 Å². The largest absolute Gasteiger partial charge is 0.354 e. The Morgan fingerprint density at radius 3 is 2.62 bits per heavy atom. The van der Waals surface area contributed by atoms with Crippen molar-refractivity contribution in [2.24, 2.45) is 0 Å². The second-order valence-corrected chi connectivity index (χ2v) is 6.09. The van der Waals surface area contributed by atoms with Crippen LogP contribution in [0.5, 0.6) is 0 Å². The summed E-state index contributed by atoms with van der Waals surface area (Å²) < 4.78 is 15.8. The van der Waals surface area contributed by atoms with E-state index < -0.39 is 11.7 Å². The molecule has 0 spiro atoms. The zero-order chi connectivity index (χ0) is 17.3. The summed E-state index contributed by atoms with van der Waals surface area (Å²) in [6.45, 7) is -0.0627. The van der Waals surface area contributed by atoms with E-state index in [0.29, 0.717) is 20.8 Å². The topological polar surface area (TPSA) is 64.0 Å². The van der Waals surface area contributed by atoms with Crippen LogP contribution >= 0.6 is 15.9 Å². The summed E-state index contributed by atoms with van der Waals surface area (Å²) in [4.78, 5) is 24.7. The molecule has 1 heterocycles. The Hall–Kier alpha value is -2.54. The van der Waals surface area contributed by atoms with Crippen LogP contribution in [0.4, 0.5) is 4.39 Å². The lowest BCUT2D eigenvalue weighted by Gasteiger charge is -2.11. The molecule has 1 amide bonds. The van der Waals surface area contributed by atoms with E-state index in [1.165, 1.54) is 13.1 Å². The molecule has 0 unspecified atom stereocenters. The highest BCUT2D eigenvalue weighted by molar-refractivity contribution is 9.10. The quantitative estimate of drug-likeness (QED) is 0.748. The molecule has 0 aliphatic rings. The van der Waals surface area contributed by atoms with Crippen molar-refractivity contribution in [1.82, 2.24) is 15.1 Å². The van der Waals surface area contributed by atoms with Crippen LogP contribution < -0.4 is 10.9 Å². The predicted molar refractivity (Wildman–Crippen MR) is 92.6 cm³/mol. The molecule has 122 valence electrons. The zero-order valence-electron chi connectivity index (χ0n) is 12.7. The SMILES string of the molecule is CNC(=O)c1nn(Cc2ccc(Br)cc2F)c(=O)c2ccccc12. The van der Waals surface area contributed by atoms with Gasteiger partial charge in [-0.15, -0.1) is 0 Å². The lowest BCUT2D eigenvalue weighted by molar-refractivity contribution is 0.0957. The molecule has 7 heteroatoms. The Morgan fingerprint density at radius 2 is 1.96 bits per heavy atom. The van der Waals surface area contributed by atoms with Gasteiger partial charge in [-0.05, 0) is 18.2 Å². The van der Waals surface area contributed by atoms with Gasteiger partial charge in [0.1, 0.15) is 5.82 Å². The van der Waals surface area contributed by atoms with Crippen LogP contribution in [0.15, 0.2) is 51.7 Å². The lowest BCUT2D eigenvalue weighted by atomic mass is 10.1. The van der Waals surface area contributed by atoms with Gasteiger partial charge in [0.2, 0.25) is 0 Å². The molecule has 0 saturated carbocycles. The molecule has 3 aromatic rings. The van der Waals surface area contributed by atoms with Crippen molar-refractivity contribution in [3.63, 3.8) is 0 Å². The molecule has 1 aromatic heterocycles. The second kappa shape index (κ2) is 6.52. The van der Waals surface area contributed by atoms with E-state index in [1.54, 1.807) is 36.4 Å². The van der Waals surface area contributed by atoms with Crippen LogP contribution in [0, 0.1) is 5.82 Å². The normalized spacial score (nSPS) is 10.8. The van der Waals surface area contributed by atoms with Gasteiger partial charge in [0.15, 0.2) is 5.69 Å². The molecule has 2 aromatic carbocycles. The van der Waals surface area contributed by atoms with Crippen LogP contribution in [0.1, 0.15) is 16.1 Å². The van der Waals surface area contributed by atoms with E-state index in [9.17, 15) is 14.0 Å². The van der Waals surface area contributed by atoms with Crippen molar-refractivity contribution in [3.8, 4) is 0 Å². The molecule has 0 saturated heterocycles. The van der Waals surface area contributed by atoms with Gasteiger partial charge in [0.25, 0.3) is 11.5 Å². The Bertz CT molecular complexity index is 1000. The fourth-order valence-electron chi connectivity index (χ4n) is 2.44. The van der Waals surface area contributed by atoms with Crippen LogP contribution in [0.2, 0.25) is 0 Å². The van der Waals surface area contributed by atoms with Crippen LogP contribution in [0.25, 0.3) is 10.8 Å². The molecule has 0 atom stereocenters. The maximum absolute atomic E-state index is 14.1. The van der Waals surface area contributed by atoms with E-state index in [0.717, 1.165) is 4.68 Å². The van der Waals surface area contributed by atoms with Crippen molar-refractivity contribution >= 4 is 32.6 Å². The first-order valence-electron chi connectivity index (χ1n) is 7.17. The van der Waals surface area contributed by atoms with Crippen LogP contribution in [-0.2, 0) is 6.54 Å². The number of carbonyl (C=O) groups excluding carboxylic acids is 1. The van der Waals surface area contributed by atoms with E-state index in [1.807, 2.05) is 0 Å². The van der Waals surface area contributed by atoms with E-state index in [2.05, 4.69) is 26.3 Å². The van der Waals surface area contributed by atoms with Gasteiger partial charge in [-0.2, -0.15) is 5.10 Å². The Kier molecular flexibility index (Phi) is 4.44. The minimum atomic E-state index is -0.451. The number of nitrogens with zero attached hydrogens (tertiary/aromatic N) is 2. The van der Waals surface area contributed by atoms with Gasteiger partial charge in [-0.25, -0.2) is 9.07 Å². The summed E-state index contributed by atoms with van der Waals surface area (Å²) in [7, 11) is 1.49. The number of benzene rings is 2. The Morgan fingerprint density at radius 1 is 1.25 bits per heavy atom. The Balaban J connectivity index is 2.19. The van der Waals surface area contributed by atoms with Crippen LogP contribution in [-0.4, -0.2) is 22.7 Å². The van der Waals surface area contributed by atoms with Gasteiger partial charge in [0, 0.05) is 22.5 Å². The highest BCUT2D eigenvalue weighted by atomic mass is 79.9. The van der Waals surface area contributed by atoms with E-state index in [4.69, 9.17) is 0 Å². The number of hydrogen-bond acceptors (Lipinski definition) is 3. The molecular formula is C17H13BrFN3O2. The van der Waals surface area contributed by atoms with Gasteiger partial charge in [-0.3, -0.25) is 9.59 Å². The highest BCUT2D eigenvalue weighted by Crippen LogP contribution is 2.17. The zero-order valence-corrected chi connectivity index (χ0v) is 14.3. The number of fused-ring (bicyclic) bond motifs is 1. The predicted octanol–water partition coefficient (Wildman–Crippen LogP) is 2.71. The van der Waals surface area contributed by atoms with Crippen molar-refractivity contribution in [3.05, 3.63) is 74.4 Å². The highest BCUT2D eigenvalue weighted by Gasteiger charge is 2.16. The number of halogens is 2. The number of aromatic nitrogens is 2. The fraction of sp³-hybridized carbons (Fsp3) is 0.118. The first-order valence-corrected chi connectivity index (χ1v) is 7.96. The third-order valence-corrected chi connectivity index (χ3v) is 4.14. The minimum Gasteiger partial charge on any atom is -0.354 e. The van der Waals surface area contributed by atoms with Gasteiger partial charge < -0.3 is 5.32 Å². The third kappa shape index (κ3) is 2.94. The fourth-order valence-corrected chi connectivity index (χ4v) is 2.77. The Labute approximate surface area is 145 Å². The second-order valence-electron chi connectivity index (χ2n) is 5.17. The van der Waals surface area contributed by atoms with Crippen molar-refractivity contribution < 1.29 is 9.18 Å².